The Morgan fingerprint density at radius 2 is 1.86 bits per heavy atom. The molecule has 1 aromatic rings. The van der Waals surface area contributed by atoms with Crippen LogP contribution < -0.4 is 4.90 Å². The van der Waals surface area contributed by atoms with Crippen molar-refractivity contribution < 1.29 is 27.8 Å². The van der Waals surface area contributed by atoms with Crippen LogP contribution in [-0.2, 0) is 15.7 Å². The van der Waals surface area contributed by atoms with Gasteiger partial charge in [0.05, 0.1) is 11.5 Å². The van der Waals surface area contributed by atoms with E-state index in [1.807, 2.05) is 4.90 Å². The van der Waals surface area contributed by atoms with Crippen molar-refractivity contribution in [2.24, 2.45) is 5.41 Å². The zero-order valence-electron chi connectivity index (χ0n) is 16.2. The monoisotopic (exact) mass is 413 g/mol. The predicted molar refractivity (Wildman–Crippen MR) is 99.3 cm³/mol. The van der Waals surface area contributed by atoms with E-state index in [9.17, 15) is 23.1 Å². The number of carbonyl (C=O) groups excluding carboxylic acids is 1. The zero-order valence-corrected chi connectivity index (χ0v) is 16.2. The van der Waals surface area contributed by atoms with Gasteiger partial charge in [0.2, 0.25) is 0 Å². The van der Waals surface area contributed by atoms with Gasteiger partial charge in [0.25, 0.3) is 0 Å². The summed E-state index contributed by atoms with van der Waals surface area (Å²) in [6, 6.07) is 3.91. The lowest BCUT2D eigenvalue weighted by molar-refractivity contribution is -0.150. The first-order valence-electron chi connectivity index (χ1n) is 10.2. The molecule has 4 heterocycles. The number of rotatable bonds is 3. The van der Waals surface area contributed by atoms with Gasteiger partial charge >= 0.3 is 12.1 Å². The van der Waals surface area contributed by atoms with Crippen LogP contribution in [-0.4, -0.2) is 65.9 Å². The highest BCUT2D eigenvalue weighted by Gasteiger charge is 2.50. The number of nitrogens with zero attached hydrogens (tertiary/aromatic N) is 3. The number of alkyl halides is 3. The molecule has 6 nitrogen and oxygen atoms in total. The fraction of sp³-hybridized carbons (Fsp3) is 0.700. The van der Waals surface area contributed by atoms with E-state index in [2.05, 4.69) is 9.88 Å². The molecule has 3 aliphatic heterocycles. The smallest absolute Gasteiger partial charge is 0.433 e. The third-order valence-corrected chi connectivity index (χ3v) is 6.41. The minimum atomic E-state index is -4.47. The van der Waals surface area contributed by atoms with Crippen LogP contribution in [0.25, 0.3) is 0 Å². The molecule has 1 atom stereocenters. The van der Waals surface area contributed by atoms with Crippen LogP contribution in [0, 0.1) is 5.41 Å². The van der Waals surface area contributed by atoms with Crippen LogP contribution in [0.5, 0.6) is 0 Å². The van der Waals surface area contributed by atoms with Crippen LogP contribution in [0.1, 0.15) is 37.8 Å². The molecule has 0 radical (unpaired) electrons. The predicted octanol–water partition coefficient (Wildman–Crippen LogP) is 2.46. The van der Waals surface area contributed by atoms with E-state index in [1.165, 1.54) is 6.07 Å². The van der Waals surface area contributed by atoms with Gasteiger partial charge in [-0.1, -0.05) is 6.07 Å². The fourth-order valence-electron chi connectivity index (χ4n) is 4.66. The van der Waals surface area contributed by atoms with Gasteiger partial charge < -0.3 is 14.7 Å². The molecule has 29 heavy (non-hydrogen) atoms. The normalized spacial score (nSPS) is 26.1. The number of pyridine rings is 1. The maximum atomic E-state index is 12.9. The van der Waals surface area contributed by atoms with Crippen LogP contribution in [0.2, 0.25) is 0 Å². The second-order valence-corrected chi connectivity index (χ2v) is 8.41. The van der Waals surface area contributed by atoms with Gasteiger partial charge in [-0.15, -0.1) is 0 Å². The Hall–Kier alpha value is -1.87. The van der Waals surface area contributed by atoms with E-state index < -0.39 is 17.3 Å². The topological polar surface area (TPSA) is 65.9 Å². The third-order valence-electron chi connectivity index (χ3n) is 6.41. The Bertz CT molecular complexity index is 742. The average molecular weight is 413 g/mol. The summed E-state index contributed by atoms with van der Waals surface area (Å²) in [6.07, 6.45) is -1.63. The minimum Gasteiger partial charge on any atom is -0.461 e. The number of aliphatic hydroxyl groups excluding tert-OH is 1. The summed E-state index contributed by atoms with van der Waals surface area (Å²) in [5.41, 5.74) is -1.44. The minimum absolute atomic E-state index is 0.157. The molecule has 3 fully saturated rings. The first kappa shape index (κ1) is 20.4. The molecule has 1 N–H and O–H groups in total. The average Bonchev–Trinajstić information content (AvgIpc) is 2.98. The Morgan fingerprint density at radius 1 is 1.17 bits per heavy atom. The van der Waals surface area contributed by atoms with Gasteiger partial charge in [0.15, 0.2) is 0 Å². The number of anilines is 1. The lowest BCUT2D eigenvalue weighted by Gasteiger charge is -2.37. The molecule has 0 saturated carbocycles. The molecular weight excluding hydrogens is 387 g/mol. The van der Waals surface area contributed by atoms with Crippen molar-refractivity contribution >= 4 is 11.8 Å². The second kappa shape index (κ2) is 7.75. The molecule has 1 spiro atoms. The number of halogens is 3. The van der Waals surface area contributed by atoms with Crippen molar-refractivity contribution in [1.29, 1.82) is 0 Å². The molecule has 160 valence electrons. The molecule has 3 aliphatic rings. The van der Waals surface area contributed by atoms with Crippen LogP contribution in [0.4, 0.5) is 19.0 Å². The maximum Gasteiger partial charge on any atom is 0.433 e. The lowest BCUT2D eigenvalue weighted by atomic mass is 9.76. The lowest BCUT2D eigenvalue weighted by Crippen LogP contribution is -2.43. The molecule has 0 bridgehead atoms. The van der Waals surface area contributed by atoms with Crippen LogP contribution in [0.3, 0.4) is 0 Å². The SMILES string of the molecule is O=C1OC(CN2CCC(O)CC2)CC12CCN(c1cccc(C(F)(F)F)n1)CC2. The number of carbonyl (C=O) groups is 1. The van der Waals surface area contributed by atoms with E-state index >= 15 is 0 Å². The highest BCUT2D eigenvalue weighted by atomic mass is 19.4. The summed E-state index contributed by atoms with van der Waals surface area (Å²) in [5, 5.41) is 9.62. The number of piperidine rings is 2. The highest BCUT2D eigenvalue weighted by molar-refractivity contribution is 5.79. The summed E-state index contributed by atoms with van der Waals surface area (Å²) in [6.45, 7) is 3.24. The number of ether oxygens (including phenoxy) is 1. The van der Waals surface area contributed by atoms with Crippen molar-refractivity contribution in [3.05, 3.63) is 23.9 Å². The molecule has 3 saturated heterocycles. The number of likely N-dealkylation sites (tertiary alicyclic amines) is 1. The van der Waals surface area contributed by atoms with Gasteiger partial charge in [-0.3, -0.25) is 9.69 Å². The number of aromatic nitrogens is 1. The quantitative estimate of drug-likeness (QED) is 0.768. The largest absolute Gasteiger partial charge is 0.461 e. The third kappa shape index (κ3) is 4.35. The first-order chi connectivity index (χ1) is 13.7. The Kier molecular flexibility index (Phi) is 5.46. The summed E-state index contributed by atoms with van der Waals surface area (Å²) >= 11 is 0. The maximum absolute atomic E-state index is 12.9. The standard InChI is InChI=1S/C20H26F3N3O3/c21-20(22,23)16-2-1-3-17(24-16)26-10-6-19(7-11-26)12-15(29-18(19)28)13-25-8-4-14(27)5-9-25/h1-3,14-15,27H,4-13H2. The van der Waals surface area contributed by atoms with Gasteiger partial charge in [-0.05, 0) is 37.8 Å². The van der Waals surface area contributed by atoms with Gasteiger partial charge in [0, 0.05) is 39.1 Å². The summed E-state index contributed by atoms with van der Waals surface area (Å²) in [7, 11) is 0. The van der Waals surface area contributed by atoms with E-state index in [0.717, 1.165) is 32.0 Å². The Balaban J connectivity index is 1.35. The van der Waals surface area contributed by atoms with Gasteiger partial charge in [0.1, 0.15) is 17.6 Å². The first-order valence-corrected chi connectivity index (χ1v) is 10.2. The van der Waals surface area contributed by atoms with E-state index in [1.54, 1.807) is 6.07 Å². The molecule has 0 aliphatic carbocycles. The van der Waals surface area contributed by atoms with Crippen molar-refractivity contribution in [3.8, 4) is 0 Å². The number of hydrogen-bond acceptors (Lipinski definition) is 6. The van der Waals surface area contributed by atoms with Crippen molar-refractivity contribution in [3.63, 3.8) is 0 Å². The Labute approximate surface area is 167 Å². The summed E-state index contributed by atoms with van der Waals surface area (Å²) in [5.74, 6) is 0.112. The molecule has 4 rings (SSSR count). The zero-order chi connectivity index (χ0) is 20.6. The number of aliphatic hydroxyl groups is 1. The summed E-state index contributed by atoms with van der Waals surface area (Å²) < 4.78 is 44.4. The molecule has 1 aromatic heterocycles. The van der Waals surface area contributed by atoms with Crippen LogP contribution >= 0.6 is 0 Å². The number of cyclic esters (lactones) is 1. The molecule has 1 unspecified atom stereocenters. The fourth-order valence-corrected chi connectivity index (χ4v) is 4.66. The highest BCUT2D eigenvalue weighted by Crippen LogP contribution is 2.44. The summed E-state index contributed by atoms with van der Waals surface area (Å²) in [4.78, 5) is 20.4. The second-order valence-electron chi connectivity index (χ2n) is 8.41. The molecule has 0 amide bonds. The van der Waals surface area contributed by atoms with Crippen LogP contribution in [0.15, 0.2) is 18.2 Å². The number of esters is 1. The Morgan fingerprint density at radius 3 is 2.52 bits per heavy atom. The molecule has 0 aromatic carbocycles. The van der Waals surface area contributed by atoms with Crippen molar-refractivity contribution in [1.82, 2.24) is 9.88 Å². The van der Waals surface area contributed by atoms with Crippen molar-refractivity contribution in [2.75, 3.05) is 37.6 Å². The van der Waals surface area contributed by atoms with Gasteiger partial charge in [-0.2, -0.15) is 13.2 Å². The molecular formula is C20H26F3N3O3. The van der Waals surface area contributed by atoms with E-state index in [-0.39, 0.29) is 18.2 Å². The van der Waals surface area contributed by atoms with E-state index in [4.69, 9.17) is 4.74 Å². The molecule has 9 heteroatoms. The van der Waals surface area contributed by atoms with Crippen molar-refractivity contribution in [2.45, 2.75) is 50.5 Å². The number of hydrogen-bond donors (Lipinski definition) is 1. The van der Waals surface area contributed by atoms with Gasteiger partial charge in [-0.25, -0.2) is 4.98 Å². The van der Waals surface area contributed by atoms with E-state index in [0.29, 0.717) is 44.7 Å².